The van der Waals surface area contributed by atoms with E-state index in [0.29, 0.717) is 23.6 Å². The van der Waals surface area contributed by atoms with E-state index in [4.69, 9.17) is 14.5 Å². The fourth-order valence-electron chi connectivity index (χ4n) is 3.40. The molecule has 0 radical (unpaired) electrons. The molecule has 0 saturated carbocycles. The molecule has 4 rings (SSSR count). The summed E-state index contributed by atoms with van der Waals surface area (Å²) >= 11 is 2.11. The van der Waals surface area contributed by atoms with Crippen LogP contribution < -0.4 is 10.2 Å². The second kappa shape index (κ2) is 11.6. The zero-order chi connectivity index (χ0) is 24.6. The number of nitrogens with one attached hydrogen (secondary N) is 1. The van der Waals surface area contributed by atoms with Crippen molar-refractivity contribution in [3.05, 3.63) is 93.6 Å². The highest BCUT2D eigenvalue weighted by atomic mass is 127. The molecule has 4 aromatic rings. The Morgan fingerprint density at radius 1 is 1.03 bits per heavy atom. The van der Waals surface area contributed by atoms with Crippen molar-refractivity contribution in [3.8, 4) is 17.0 Å². The number of amides is 1. The zero-order valence-corrected chi connectivity index (χ0v) is 21.1. The first-order chi connectivity index (χ1) is 17.0. The Morgan fingerprint density at radius 2 is 1.80 bits per heavy atom. The summed E-state index contributed by atoms with van der Waals surface area (Å²) in [6, 6.07) is 24.4. The van der Waals surface area contributed by atoms with Crippen molar-refractivity contribution >= 4 is 51.6 Å². The lowest BCUT2D eigenvalue weighted by atomic mass is 10.0. The number of nitrogens with zero attached hydrogens (tertiary/aromatic N) is 2. The Labute approximate surface area is 216 Å². The minimum absolute atomic E-state index is 0.155. The van der Waals surface area contributed by atoms with Gasteiger partial charge in [-0.3, -0.25) is 4.79 Å². The highest BCUT2D eigenvalue weighted by Gasteiger charge is 2.13. The normalized spacial score (nSPS) is 10.9. The molecular weight excluding hydrogens is 557 g/mol. The summed E-state index contributed by atoms with van der Waals surface area (Å²) in [4.78, 5) is 29.2. The molecule has 1 N–H and O–H groups in total. The molecule has 1 amide bonds. The van der Waals surface area contributed by atoms with Crippen molar-refractivity contribution in [1.29, 1.82) is 0 Å². The number of fused-ring (bicyclic) bond motifs is 1. The number of ether oxygens (including phenoxy) is 2. The Balaban J connectivity index is 1.49. The molecule has 0 atom stereocenters. The average Bonchev–Trinajstić information content (AvgIpc) is 2.88. The number of halogens is 1. The number of esters is 1. The summed E-state index contributed by atoms with van der Waals surface area (Å²) in [6.45, 7) is 1.90. The van der Waals surface area contributed by atoms with Crippen molar-refractivity contribution in [1.82, 2.24) is 10.4 Å². The fourth-order valence-corrected chi connectivity index (χ4v) is 4.09. The van der Waals surface area contributed by atoms with Gasteiger partial charge in [0.2, 0.25) is 0 Å². The second-order valence-electron chi connectivity index (χ2n) is 7.42. The predicted octanol–water partition coefficient (Wildman–Crippen LogP) is 5.21. The molecule has 8 heteroatoms. The highest BCUT2D eigenvalue weighted by Crippen LogP contribution is 2.25. The van der Waals surface area contributed by atoms with Crippen LogP contribution in [-0.4, -0.2) is 36.3 Å². The molecule has 7 nitrogen and oxygen atoms in total. The fraction of sp³-hybridized carbons (Fsp3) is 0.111. The van der Waals surface area contributed by atoms with Gasteiger partial charge in [0, 0.05) is 10.9 Å². The second-order valence-corrected chi connectivity index (χ2v) is 8.58. The van der Waals surface area contributed by atoms with Gasteiger partial charge in [-0.25, -0.2) is 15.2 Å². The summed E-state index contributed by atoms with van der Waals surface area (Å²) in [7, 11) is 0. The smallest absolute Gasteiger partial charge is 0.344 e. The molecule has 0 saturated heterocycles. The number of hydrogen-bond acceptors (Lipinski definition) is 6. The zero-order valence-electron chi connectivity index (χ0n) is 18.9. The SMILES string of the molecule is CCOC(=O)COc1ccc(/C=N/NC(=O)c2cc(-c3ccccc3)nc3ccccc23)cc1I. The van der Waals surface area contributed by atoms with Gasteiger partial charge in [0.05, 0.1) is 33.2 Å². The lowest BCUT2D eigenvalue weighted by Crippen LogP contribution is -2.18. The first-order valence-electron chi connectivity index (χ1n) is 10.9. The van der Waals surface area contributed by atoms with Gasteiger partial charge in [-0.05, 0) is 65.4 Å². The van der Waals surface area contributed by atoms with Crippen LogP contribution in [0.2, 0.25) is 0 Å². The molecule has 176 valence electrons. The van der Waals surface area contributed by atoms with E-state index < -0.39 is 5.97 Å². The summed E-state index contributed by atoms with van der Waals surface area (Å²) in [5, 5.41) is 4.88. The maximum Gasteiger partial charge on any atom is 0.344 e. The topological polar surface area (TPSA) is 89.9 Å². The van der Waals surface area contributed by atoms with Crippen molar-refractivity contribution in [2.45, 2.75) is 6.92 Å². The van der Waals surface area contributed by atoms with Crippen molar-refractivity contribution in [2.24, 2.45) is 5.10 Å². The average molecular weight is 579 g/mol. The third kappa shape index (κ3) is 6.21. The monoisotopic (exact) mass is 579 g/mol. The molecule has 0 aliphatic heterocycles. The summed E-state index contributed by atoms with van der Waals surface area (Å²) in [6.07, 6.45) is 1.55. The summed E-state index contributed by atoms with van der Waals surface area (Å²) < 4.78 is 11.2. The van der Waals surface area contributed by atoms with Gasteiger partial charge < -0.3 is 9.47 Å². The molecule has 0 aliphatic carbocycles. The predicted molar refractivity (Wildman–Crippen MR) is 144 cm³/mol. The van der Waals surface area contributed by atoms with Gasteiger partial charge in [0.1, 0.15) is 5.75 Å². The molecule has 0 fully saturated rings. The quantitative estimate of drug-likeness (QED) is 0.134. The Kier molecular flexibility index (Phi) is 8.04. The first kappa shape index (κ1) is 24.3. The van der Waals surface area contributed by atoms with E-state index in [1.165, 1.54) is 0 Å². The number of hydrogen-bond donors (Lipinski definition) is 1. The lowest BCUT2D eigenvalue weighted by Gasteiger charge is -2.09. The van der Waals surface area contributed by atoms with E-state index in [-0.39, 0.29) is 12.5 Å². The largest absolute Gasteiger partial charge is 0.481 e. The van der Waals surface area contributed by atoms with E-state index in [1.54, 1.807) is 31.3 Å². The van der Waals surface area contributed by atoms with Gasteiger partial charge >= 0.3 is 5.97 Å². The number of carbonyl (C=O) groups excluding carboxylic acids is 2. The molecule has 0 aliphatic rings. The number of aromatic nitrogens is 1. The van der Waals surface area contributed by atoms with E-state index in [9.17, 15) is 9.59 Å². The van der Waals surface area contributed by atoms with E-state index >= 15 is 0 Å². The Hall–Kier alpha value is -3.79. The van der Waals surface area contributed by atoms with Crippen LogP contribution in [-0.2, 0) is 9.53 Å². The first-order valence-corrected chi connectivity index (χ1v) is 12.0. The van der Waals surface area contributed by atoms with Crippen LogP contribution in [0, 0.1) is 3.57 Å². The van der Waals surface area contributed by atoms with Gasteiger partial charge in [-0.2, -0.15) is 5.10 Å². The molecule has 1 heterocycles. The van der Waals surface area contributed by atoms with Gasteiger partial charge in [-0.15, -0.1) is 0 Å². The number of hydrazone groups is 1. The Morgan fingerprint density at radius 3 is 2.57 bits per heavy atom. The Bertz CT molecular complexity index is 1390. The van der Waals surface area contributed by atoms with Crippen LogP contribution in [0.4, 0.5) is 0 Å². The maximum absolute atomic E-state index is 13.0. The summed E-state index contributed by atoms with van der Waals surface area (Å²) in [5.74, 6) is -0.187. The number of rotatable bonds is 8. The molecule has 1 aromatic heterocycles. The molecule has 0 unspecified atom stereocenters. The van der Waals surface area contributed by atoms with Crippen LogP contribution in [0.3, 0.4) is 0 Å². The van der Waals surface area contributed by atoms with Gasteiger partial charge in [0.25, 0.3) is 5.91 Å². The van der Waals surface area contributed by atoms with Crippen molar-refractivity contribution < 1.29 is 19.1 Å². The molecule has 35 heavy (non-hydrogen) atoms. The minimum Gasteiger partial charge on any atom is -0.481 e. The van der Waals surface area contributed by atoms with Crippen LogP contribution in [0.1, 0.15) is 22.8 Å². The molecular formula is C27H22IN3O4. The van der Waals surface area contributed by atoms with Crippen LogP contribution in [0.15, 0.2) is 84.0 Å². The lowest BCUT2D eigenvalue weighted by molar-refractivity contribution is -0.145. The number of para-hydroxylation sites is 1. The molecule has 0 bridgehead atoms. The third-order valence-corrected chi connectivity index (χ3v) is 5.86. The minimum atomic E-state index is -0.421. The van der Waals surface area contributed by atoms with E-state index in [2.05, 4.69) is 33.1 Å². The number of pyridine rings is 1. The van der Waals surface area contributed by atoms with Crippen molar-refractivity contribution in [3.63, 3.8) is 0 Å². The standard InChI is InChI=1S/C27H22IN3O4/c1-2-34-26(32)17-35-25-13-12-18(14-22(25)28)16-29-31-27(33)21-15-24(19-8-4-3-5-9-19)30-23-11-7-6-10-20(21)23/h3-16H,2,17H2,1H3,(H,31,33)/b29-16+. The van der Waals surface area contributed by atoms with Crippen LogP contribution in [0.5, 0.6) is 5.75 Å². The van der Waals surface area contributed by atoms with E-state index in [1.807, 2.05) is 60.7 Å². The number of benzene rings is 3. The maximum atomic E-state index is 13.0. The summed E-state index contributed by atoms with van der Waals surface area (Å²) in [5.41, 5.74) is 6.24. The van der Waals surface area contributed by atoms with Gasteiger partial charge in [0.15, 0.2) is 6.61 Å². The van der Waals surface area contributed by atoms with Crippen LogP contribution in [0.25, 0.3) is 22.2 Å². The van der Waals surface area contributed by atoms with Crippen LogP contribution >= 0.6 is 22.6 Å². The van der Waals surface area contributed by atoms with Crippen molar-refractivity contribution in [2.75, 3.05) is 13.2 Å². The van der Waals surface area contributed by atoms with Gasteiger partial charge in [-0.1, -0.05) is 48.5 Å². The third-order valence-electron chi connectivity index (χ3n) is 5.02. The number of carbonyl (C=O) groups is 2. The van der Waals surface area contributed by atoms with E-state index in [0.717, 1.165) is 25.6 Å². The molecule has 3 aromatic carbocycles. The highest BCUT2D eigenvalue weighted by molar-refractivity contribution is 14.1. The molecule has 0 spiro atoms.